The molecule has 1 amide bonds. The first-order valence-corrected chi connectivity index (χ1v) is 11.1. The summed E-state index contributed by atoms with van der Waals surface area (Å²) in [7, 11) is 0. The number of nitrogens with zero attached hydrogens (tertiary/aromatic N) is 7. The maximum atomic E-state index is 15.0. The molecule has 2 aromatic heterocycles. The topological polar surface area (TPSA) is 88.7 Å². The van der Waals surface area contributed by atoms with Gasteiger partial charge in [-0.1, -0.05) is 11.3 Å². The van der Waals surface area contributed by atoms with Crippen molar-refractivity contribution in [3.05, 3.63) is 60.2 Å². The Morgan fingerprint density at radius 3 is 2.62 bits per heavy atom. The molecule has 1 atom stereocenters. The summed E-state index contributed by atoms with van der Waals surface area (Å²) in [5.74, 6) is -1.59. The first-order chi connectivity index (χ1) is 16.6. The second-order valence-corrected chi connectivity index (χ2v) is 8.26. The van der Waals surface area contributed by atoms with E-state index in [1.165, 1.54) is 28.4 Å². The molecule has 3 aromatic rings. The second kappa shape index (κ2) is 9.54. The van der Waals surface area contributed by atoms with E-state index in [0.29, 0.717) is 17.8 Å². The number of carbonyl (C=O) groups excluding carboxylic acids is 1. The number of cyclic esters (lactones) is 1. The molecule has 176 valence electrons. The summed E-state index contributed by atoms with van der Waals surface area (Å²) in [6.07, 6.45) is 8.50. The van der Waals surface area contributed by atoms with Crippen molar-refractivity contribution in [1.82, 2.24) is 25.0 Å². The van der Waals surface area contributed by atoms with Gasteiger partial charge in [-0.15, -0.1) is 5.10 Å². The molecule has 5 rings (SSSR count). The second-order valence-electron chi connectivity index (χ2n) is 8.26. The van der Waals surface area contributed by atoms with Crippen LogP contribution in [0.15, 0.2) is 48.0 Å². The number of rotatable bonds is 6. The van der Waals surface area contributed by atoms with Crippen molar-refractivity contribution in [2.45, 2.75) is 31.9 Å². The Hall–Kier alpha value is -3.89. The molecule has 9 nitrogen and oxygen atoms in total. The van der Waals surface area contributed by atoms with E-state index in [9.17, 15) is 13.6 Å². The molecule has 2 fully saturated rings. The van der Waals surface area contributed by atoms with Crippen LogP contribution in [-0.4, -0.2) is 63.0 Å². The molecule has 1 aromatic carbocycles. The fraction of sp³-hybridized carbons (Fsp3) is 0.348. The highest BCUT2D eigenvalue weighted by atomic mass is 19.1. The summed E-state index contributed by atoms with van der Waals surface area (Å²) < 4.78 is 36.8. The minimum absolute atomic E-state index is 0.0862. The molecule has 0 radical (unpaired) electrons. The maximum Gasteiger partial charge on any atom is 0.414 e. The molecular formula is C23H23F2N7O2. The molecule has 0 spiro atoms. The standard InChI is InChI=1S/C23H23F2N7O2/c24-20-10-18(32-15-19(34-23(32)33)14-31-9-6-27-29-31)11-21(25)22(20)16-4-5-17(26-12-16)13-28-30-7-2-1-3-8-30/h4-6,9-13,19H,1-3,7-8,14-15H2/b28-13+/t19-/m0/s1. The number of amides is 1. The monoisotopic (exact) mass is 467 g/mol. The van der Waals surface area contributed by atoms with Crippen molar-refractivity contribution in [1.29, 1.82) is 0 Å². The Labute approximate surface area is 194 Å². The van der Waals surface area contributed by atoms with Crippen molar-refractivity contribution in [2.75, 3.05) is 24.5 Å². The molecule has 0 N–H and O–H groups in total. The van der Waals surface area contributed by atoms with Gasteiger partial charge in [0.05, 0.1) is 42.4 Å². The van der Waals surface area contributed by atoms with Crippen molar-refractivity contribution >= 4 is 18.0 Å². The van der Waals surface area contributed by atoms with Gasteiger partial charge < -0.3 is 4.74 Å². The van der Waals surface area contributed by atoms with Crippen LogP contribution in [0.2, 0.25) is 0 Å². The number of carbonyl (C=O) groups is 1. The predicted octanol–water partition coefficient (Wildman–Crippen LogP) is 3.46. The molecule has 0 unspecified atom stereocenters. The number of benzene rings is 1. The lowest BCUT2D eigenvalue weighted by Gasteiger charge is -2.23. The highest BCUT2D eigenvalue weighted by Crippen LogP contribution is 2.32. The molecule has 2 saturated heterocycles. The van der Waals surface area contributed by atoms with Crippen LogP contribution in [0.5, 0.6) is 0 Å². The average molecular weight is 467 g/mol. The van der Waals surface area contributed by atoms with Crippen LogP contribution in [-0.2, 0) is 11.3 Å². The molecule has 4 heterocycles. The molecule has 2 aliphatic rings. The average Bonchev–Trinajstić information content (AvgIpc) is 3.48. The molecule has 0 aliphatic carbocycles. The van der Waals surface area contributed by atoms with E-state index < -0.39 is 23.8 Å². The molecule has 11 heteroatoms. The van der Waals surface area contributed by atoms with Crippen LogP contribution in [0.1, 0.15) is 25.0 Å². The van der Waals surface area contributed by atoms with Gasteiger partial charge in [0, 0.05) is 31.0 Å². The lowest BCUT2D eigenvalue weighted by atomic mass is 10.0. The third-order valence-electron chi connectivity index (χ3n) is 5.84. The number of pyridine rings is 1. The first-order valence-electron chi connectivity index (χ1n) is 11.1. The van der Waals surface area contributed by atoms with Gasteiger partial charge >= 0.3 is 6.09 Å². The lowest BCUT2D eigenvalue weighted by Crippen LogP contribution is -2.26. The zero-order valence-corrected chi connectivity index (χ0v) is 18.3. The third-order valence-corrected chi connectivity index (χ3v) is 5.84. The highest BCUT2D eigenvalue weighted by molar-refractivity contribution is 5.90. The van der Waals surface area contributed by atoms with Gasteiger partial charge in [0.25, 0.3) is 0 Å². The van der Waals surface area contributed by atoms with Gasteiger partial charge in [-0.25, -0.2) is 18.3 Å². The number of ether oxygens (including phenoxy) is 1. The van der Waals surface area contributed by atoms with E-state index in [-0.39, 0.29) is 17.8 Å². The van der Waals surface area contributed by atoms with E-state index >= 15 is 0 Å². The Bertz CT molecular complexity index is 1160. The van der Waals surface area contributed by atoms with Crippen molar-refractivity contribution < 1.29 is 18.3 Å². The van der Waals surface area contributed by atoms with E-state index in [1.54, 1.807) is 24.5 Å². The fourth-order valence-corrected chi connectivity index (χ4v) is 4.12. The SMILES string of the molecule is O=C1O[C@@H](Cn2ccnn2)CN1c1cc(F)c(-c2ccc(/C=N/N3CCCCC3)nc2)c(F)c1. The predicted molar refractivity (Wildman–Crippen MR) is 120 cm³/mol. The number of hydrogen-bond acceptors (Lipinski definition) is 7. The van der Waals surface area contributed by atoms with E-state index in [4.69, 9.17) is 4.74 Å². The summed E-state index contributed by atoms with van der Waals surface area (Å²) in [4.78, 5) is 17.8. The number of anilines is 1. The number of hydrazone groups is 1. The smallest absolute Gasteiger partial charge is 0.414 e. The van der Waals surface area contributed by atoms with Gasteiger partial charge in [0.2, 0.25) is 0 Å². The van der Waals surface area contributed by atoms with Crippen molar-refractivity contribution in [3.63, 3.8) is 0 Å². The number of piperidine rings is 1. The molecule has 2 aliphatic heterocycles. The molecule has 0 saturated carbocycles. The Morgan fingerprint density at radius 1 is 1.15 bits per heavy atom. The van der Waals surface area contributed by atoms with Crippen LogP contribution < -0.4 is 4.90 Å². The summed E-state index contributed by atoms with van der Waals surface area (Å²) in [5.41, 5.74) is 0.778. The first kappa shape index (κ1) is 21.9. The minimum Gasteiger partial charge on any atom is -0.442 e. The summed E-state index contributed by atoms with van der Waals surface area (Å²) in [6, 6.07) is 5.53. The fourth-order valence-electron chi connectivity index (χ4n) is 4.12. The maximum absolute atomic E-state index is 15.0. The lowest BCUT2D eigenvalue weighted by molar-refractivity contribution is 0.129. The van der Waals surface area contributed by atoms with Crippen LogP contribution in [0.3, 0.4) is 0 Å². The minimum atomic E-state index is -0.793. The summed E-state index contributed by atoms with van der Waals surface area (Å²) in [6.45, 7) is 2.28. The molecule has 34 heavy (non-hydrogen) atoms. The van der Waals surface area contributed by atoms with E-state index in [2.05, 4.69) is 20.4 Å². The summed E-state index contributed by atoms with van der Waals surface area (Å²) >= 11 is 0. The highest BCUT2D eigenvalue weighted by Gasteiger charge is 2.33. The van der Waals surface area contributed by atoms with Crippen LogP contribution in [0, 0.1) is 11.6 Å². The van der Waals surface area contributed by atoms with Crippen molar-refractivity contribution in [3.8, 4) is 11.1 Å². The molecule has 0 bridgehead atoms. The normalized spacial score (nSPS) is 18.6. The Kier molecular flexibility index (Phi) is 6.15. The van der Waals surface area contributed by atoms with Crippen LogP contribution in [0.25, 0.3) is 11.1 Å². The van der Waals surface area contributed by atoms with Gasteiger partial charge in [-0.3, -0.25) is 14.9 Å². The Balaban J connectivity index is 1.30. The molecular weight excluding hydrogens is 444 g/mol. The number of aromatic nitrogens is 4. The van der Waals surface area contributed by atoms with E-state index in [1.807, 2.05) is 5.01 Å². The van der Waals surface area contributed by atoms with Crippen molar-refractivity contribution in [2.24, 2.45) is 5.10 Å². The number of hydrogen-bond donors (Lipinski definition) is 0. The quantitative estimate of drug-likeness (QED) is 0.516. The van der Waals surface area contributed by atoms with Crippen LogP contribution >= 0.6 is 0 Å². The summed E-state index contributed by atoms with van der Waals surface area (Å²) in [5, 5.41) is 14.0. The largest absolute Gasteiger partial charge is 0.442 e. The zero-order chi connectivity index (χ0) is 23.5. The van der Waals surface area contributed by atoms with Gasteiger partial charge in [-0.2, -0.15) is 5.10 Å². The van der Waals surface area contributed by atoms with E-state index in [0.717, 1.165) is 38.1 Å². The third kappa shape index (κ3) is 4.73. The van der Waals surface area contributed by atoms with Gasteiger partial charge in [-0.05, 0) is 37.5 Å². The zero-order valence-electron chi connectivity index (χ0n) is 18.3. The van der Waals surface area contributed by atoms with Crippen LogP contribution in [0.4, 0.5) is 19.3 Å². The Morgan fingerprint density at radius 2 is 1.94 bits per heavy atom. The van der Waals surface area contributed by atoms with Gasteiger partial charge in [0.1, 0.15) is 17.7 Å². The number of halogens is 2. The van der Waals surface area contributed by atoms with Gasteiger partial charge in [0.15, 0.2) is 0 Å².